The fourth-order valence-corrected chi connectivity index (χ4v) is 1.66. The van der Waals surface area contributed by atoms with Gasteiger partial charge in [0.1, 0.15) is 11.5 Å². The van der Waals surface area contributed by atoms with Crippen LogP contribution in [0.1, 0.15) is 23.3 Å². The number of H-pyrrole nitrogens is 1. The molecule has 0 aliphatic heterocycles. The van der Waals surface area contributed by atoms with Gasteiger partial charge in [0.05, 0.1) is 11.9 Å². The maximum Gasteiger partial charge on any atom is 0.272 e. The molecule has 1 saturated carbocycles. The van der Waals surface area contributed by atoms with E-state index in [4.69, 9.17) is 0 Å². The lowest BCUT2D eigenvalue weighted by atomic mass is 10.3. The van der Waals surface area contributed by atoms with Crippen LogP contribution in [0.3, 0.4) is 0 Å². The second kappa shape index (κ2) is 4.52. The molecule has 2 aromatic rings. The number of anilines is 2. The number of carbonyl (C=O) groups is 1. The van der Waals surface area contributed by atoms with Crippen molar-refractivity contribution < 1.29 is 4.79 Å². The largest absolute Gasteiger partial charge is 0.367 e. The van der Waals surface area contributed by atoms with E-state index in [0.717, 1.165) is 5.82 Å². The van der Waals surface area contributed by atoms with E-state index in [9.17, 15) is 4.79 Å². The Morgan fingerprint density at radius 3 is 2.83 bits per heavy atom. The van der Waals surface area contributed by atoms with Crippen LogP contribution in [0.25, 0.3) is 0 Å². The Kier molecular flexibility index (Phi) is 2.72. The first-order chi connectivity index (χ1) is 8.81. The first-order valence-corrected chi connectivity index (χ1v) is 5.98. The molecule has 0 radical (unpaired) electrons. The highest BCUT2D eigenvalue weighted by Gasteiger charge is 2.21. The first kappa shape index (κ1) is 10.8. The van der Waals surface area contributed by atoms with Crippen LogP contribution in [-0.2, 0) is 0 Å². The molecule has 1 aliphatic rings. The summed E-state index contributed by atoms with van der Waals surface area (Å²) < 4.78 is 0. The molecule has 18 heavy (non-hydrogen) atoms. The number of amides is 1. The van der Waals surface area contributed by atoms with E-state index in [1.807, 2.05) is 12.1 Å². The van der Waals surface area contributed by atoms with E-state index < -0.39 is 0 Å². The molecule has 0 bridgehead atoms. The summed E-state index contributed by atoms with van der Waals surface area (Å²) in [6.45, 7) is 0. The molecule has 5 nitrogen and oxygen atoms in total. The van der Waals surface area contributed by atoms with Crippen LogP contribution in [-0.4, -0.2) is 21.9 Å². The molecule has 0 unspecified atom stereocenters. The smallest absolute Gasteiger partial charge is 0.272 e. The molecule has 2 aromatic heterocycles. The number of nitrogens with zero attached hydrogens (tertiary/aromatic N) is 1. The minimum absolute atomic E-state index is 0.162. The minimum atomic E-state index is -0.162. The van der Waals surface area contributed by atoms with E-state index >= 15 is 0 Å². The minimum Gasteiger partial charge on any atom is -0.367 e. The van der Waals surface area contributed by atoms with Crippen molar-refractivity contribution in [3.63, 3.8) is 0 Å². The molecule has 1 aliphatic carbocycles. The highest BCUT2D eigenvalue weighted by molar-refractivity contribution is 6.02. The lowest BCUT2D eigenvalue weighted by Crippen LogP contribution is -2.12. The summed E-state index contributed by atoms with van der Waals surface area (Å²) in [6, 6.07) is 7.82. The molecule has 1 fully saturated rings. The Morgan fingerprint density at radius 1 is 1.33 bits per heavy atom. The van der Waals surface area contributed by atoms with Crippen LogP contribution in [0.2, 0.25) is 0 Å². The van der Waals surface area contributed by atoms with Crippen molar-refractivity contribution in [1.82, 2.24) is 9.97 Å². The monoisotopic (exact) mass is 242 g/mol. The van der Waals surface area contributed by atoms with Gasteiger partial charge in [0.25, 0.3) is 5.91 Å². The van der Waals surface area contributed by atoms with Crippen LogP contribution >= 0.6 is 0 Å². The van der Waals surface area contributed by atoms with Crippen LogP contribution in [0.5, 0.6) is 0 Å². The van der Waals surface area contributed by atoms with Crippen molar-refractivity contribution >= 4 is 17.4 Å². The molecule has 0 atom stereocenters. The van der Waals surface area contributed by atoms with Crippen molar-refractivity contribution in [2.24, 2.45) is 0 Å². The Hall–Kier alpha value is -2.30. The van der Waals surface area contributed by atoms with Gasteiger partial charge in [-0.2, -0.15) is 0 Å². The zero-order valence-corrected chi connectivity index (χ0v) is 9.81. The number of aromatic amines is 1. The van der Waals surface area contributed by atoms with Gasteiger partial charge in [0.2, 0.25) is 0 Å². The van der Waals surface area contributed by atoms with Gasteiger partial charge in [-0.05, 0) is 37.1 Å². The zero-order valence-electron chi connectivity index (χ0n) is 9.81. The number of nitrogens with one attached hydrogen (secondary N) is 3. The van der Waals surface area contributed by atoms with Gasteiger partial charge < -0.3 is 15.6 Å². The van der Waals surface area contributed by atoms with Gasteiger partial charge in [-0.1, -0.05) is 0 Å². The number of hydrogen-bond acceptors (Lipinski definition) is 3. The third kappa shape index (κ3) is 2.51. The maximum absolute atomic E-state index is 11.8. The molecule has 0 spiro atoms. The van der Waals surface area contributed by atoms with Gasteiger partial charge in [0, 0.05) is 12.2 Å². The van der Waals surface area contributed by atoms with Crippen molar-refractivity contribution in [1.29, 1.82) is 0 Å². The number of pyridine rings is 1. The predicted octanol–water partition coefficient (Wildman–Crippen LogP) is 2.24. The van der Waals surface area contributed by atoms with E-state index in [1.165, 1.54) is 12.8 Å². The summed E-state index contributed by atoms with van der Waals surface area (Å²) in [7, 11) is 0. The zero-order chi connectivity index (χ0) is 12.4. The van der Waals surface area contributed by atoms with E-state index in [1.54, 1.807) is 24.5 Å². The molecule has 3 rings (SSSR count). The van der Waals surface area contributed by atoms with Crippen molar-refractivity contribution in [2.75, 3.05) is 10.6 Å². The normalized spacial score (nSPS) is 14.2. The van der Waals surface area contributed by atoms with Crippen LogP contribution in [0.15, 0.2) is 36.7 Å². The third-order valence-corrected chi connectivity index (χ3v) is 2.79. The first-order valence-electron chi connectivity index (χ1n) is 5.98. The number of hydrogen-bond donors (Lipinski definition) is 3. The molecule has 92 valence electrons. The average molecular weight is 242 g/mol. The average Bonchev–Trinajstić information content (AvgIpc) is 3.02. The topological polar surface area (TPSA) is 69.8 Å². The molecular formula is C13H14N4O. The van der Waals surface area contributed by atoms with E-state index in [0.29, 0.717) is 17.4 Å². The molecule has 3 N–H and O–H groups in total. The second-order valence-electron chi connectivity index (χ2n) is 4.39. The summed E-state index contributed by atoms with van der Waals surface area (Å²) in [6.07, 6.45) is 5.81. The molecule has 0 saturated heterocycles. The van der Waals surface area contributed by atoms with Gasteiger partial charge in [-0.25, -0.2) is 4.98 Å². The van der Waals surface area contributed by atoms with Gasteiger partial charge in [-0.3, -0.25) is 4.79 Å². The summed E-state index contributed by atoms with van der Waals surface area (Å²) in [5.74, 6) is 0.695. The Bertz CT molecular complexity index is 529. The van der Waals surface area contributed by atoms with Gasteiger partial charge in [-0.15, -0.1) is 0 Å². The molecule has 5 heteroatoms. The van der Waals surface area contributed by atoms with Crippen LogP contribution in [0.4, 0.5) is 11.5 Å². The molecule has 2 heterocycles. The number of aromatic nitrogens is 2. The Morgan fingerprint density at radius 2 is 2.22 bits per heavy atom. The van der Waals surface area contributed by atoms with E-state index in [-0.39, 0.29) is 5.91 Å². The van der Waals surface area contributed by atoms with Gasteiger partial charge >= 0.3 is 0 Å². The Balaban J connectivity index is 1.63. The quantitative estimate of drug-likeness (QED) is 0.770. The third-order valence-electron chi connectivity index (χ3n) is 2.79. The fourth-order valence-electron chi connectivity index (χ4n) is 1.66. The highest BCUT2D eigenvalue weighted by Crippen LogP contribution is 2.23. The summed E-state index contributed by atoms with van der Waals surface area (Å²) in [4.78, 5) is 18.9. The molecule has 1 amide bonds. The fraction of sp³-hybridized carbons (Fsp3) is 0.231. The van der Waals surface area contributed by atoms with E-state index in [2.05, 4.69) is 20.6 Å². The summed E-state index contributed by atoms with van der Waals surface area (Å²) in [5.41, 5.74) is 1.23. The maximum atomic E-state index is 11.8. The molecule has 0 aromatic carbocycles. The lowest BCUT2D eigenvalue weighted by molar-refractivity contribution is 0.102. The van der Waals surface area contributed by atoms with Crippen LogP contribution < -0.4 is 10.6 Å². The SMILES string of the molecule is O=C(Nc1ccc(NC2CC2)nc1)c1ccc[nH]1. The highest BCUT2D eigenvalue weighted by atomic mass is 16.1. The standard InChI is InChI=1S/C13H14N4O/c18-13(11-2-1-7-14-11)17-10-5-6-12(15-8-10)16-9-3-4-9/h1-2,5-9,14H,3-4H2,(H,15,16)(H,17,18). The van der Waals surface area contributed by atoms with Crippen molar-refractivity contribution in [3.05, 3.63) is 42.4 Å². The number of rotatable bonds is 4. The molecular weight excluding hydrogens is 228 g/mol. The summed E-state index contributed by atoms with van der Waals surface area (Å²) >= 11 is 0. The van der Waals surface area contributed by atoms with Crippen LogP contribution in [0, 0.1) is 0 Å². The van der Waals surface area contributed by atoms with Crippen molar-refractivity contribution in [2.45, 2.75) is 18.9 Å². The van der Waals surface area contributed by atoms with Gasteiger partial charge in [0.15, 0.2) is 0 Å². The Labute approximate surface area is 105 Å². The second-order valence-corrected chi connectivity index (χ2v) is 4.39. The van der Waals surface area contributed by atoms with Crippen molar-refractivity contribution in [3.8, 4) is 0 Å². The number of carbonyl (C=O) groups excluding carboxylic acids is 1. The summed E-state index contributed by atoms with van der Waals surface area (Å²) in [5, 5.41) is 6.07. The predicted molar refractivity (Wildman–Crippen MR) is 69.6 cm³/mol. The lowest BCUT2D eigenvalue weighted by Gasteiger charge is -2.06.